The zero-order chi connectivity index (χ0) is 17.5. The molecule has 0 unspecified atom stereocenters. The number of hydrogen-bond donors (Lipinski definition) is 0. The molecule has 2 aromatic rings. The average Bonchev–Trinajstić information content (AvgIpc) is 2.69. The number of halogens is 3. The fraction of sp³-hybridized carbons (Fsp3) is 0.263. The van der Waals surface area contributed by atoms with Crippen LogP contribution < -0.4 is 9.64 Å². The highest BCUT2D eigenvalue weighted by Crippen LogP contribution is 2.47. The van der Waals surface area contributed by atoms with E-state index in [4.69, 9.17) is 0 Å². The maximum Gasteiger partial charge on any atom is 0.573 e. The Hall–Kier alpha value is -2.43. The van der Waals surface area contributed by atoms with Crippen LogP contribution in [-0.4, -0.2) is 6.36 Å². The van der Waals surface area contributed by atoms with Crippen LogP contribution in [0.15, 0.2) is 60.8 Å². The van der Waals surface area contributed by atoms with Crippen molar-refractivity contribution in [2.75, 3.05) is 4.90 Å². The van der Waals surface area contributed by atoms with E-state index in [1.54, 1.807) is 12.1 Å². The van der Waals surface area contributed by atoms with Gasteiger partial charge in [0.2, 0.25) is 0 Å². The summed E-state index contributed by atoms with van der Waals surface area (Å²) in [6.45, 7) is 9.00. The van der Waals surface area contributed by atoms with E-state index in [1.807, 2.05) is 18.2 Å². The Labute approximate surface area is 139 Å². The molecule has 0 atom stereocenters. The standard InChI is InChI=1S/C19H18F3NO/c1-13-18(2,3)16-6-4-5-7-17(16)23(13)12-14-8-10-15(11-9-14)24-19(20,21)22/h4-11H,1,12H2,2-3H3. The maximum absolute atomic E-state index is 12.2. The molecule has 0 saturated heterocycles. The number of anilines is 1. The SMILES string of the molecule is C=C1N(Cc2ccc(OC(F)(F)F)cc2)c2ccccc2C1(C)C. The average molecular weight is 333 g/mol. The monoisotopic (exact) mass is 333 g/mol. The van der Waals surface area contributed by atoms with Gasteiger partial charge in [-0.15, -0.1) is 13.2 Å². The number of para-hydroxylation sites is 1. The van der Waals surface area contributed by atoms with Crippen molar-refractivity contribution in [1.82, 2.24) is 0 Å². The summed E-state index contributed by atoms with van der Waals surface area (Å²) >= 11 is 0. The molecule has 0 spiro atoms. The summed E-state index contributed by atoms with van der Waals surface area (Å²) in [5.74, 6) is -0.216. The lowest BCUT2D eigenvalue weighted by Crippen LogP contribution is -2.24. The van der Waals surface area contributed by atoms with Gasteiger partial charge in [0.05, 0.1) is 0 Å². The van der Waals surface area contributed by atoms with Crippen molar-refractivity contribution in [2.45, 2.75) is 32.2 Å². The van der Waals surface area contributed by atoms with Crippen LogP contribution in [0.3, 0.4) is 0 Å². The second-order valence-corrected chi connectivity index (χ2v) is 6.37. The topological polar surface area (TPSA) is 12.5 Å². The molecule has 2 aromatic carbocycles. The van der Waals surface area contributed by atoms with Crippen LogP contribution in [0.1, 0.15) is 25.0 Å². The first kappa shape index (κ1) is 16.4. The Morgan fingerprint density at radius 3 is 2.29 bits per heavy atom. The highest BCUT2D eigenvalue weighted by molar-refractivity contribution is 5.69. The van der Waals surface area contributed by atoms with E-state index >= 15 is 0 Å². The van der Waals surface area contributed by atoms with Crippen molar-refractivity contribution in [1.29, 1.82) is 0 Å². The van der Waals surface area contributed by atoms with E-state index in [-0.39, 0.29) is 11.2 Å². The predicted molar refractivity (Wildman–Crippen MR) is 87.9 cm³/mol. The van der Waals surface area contributed by atoms with E-state index in [9.17, 15) is 13.2 Å². The maximum atomic E-state index is 12.2. The van der Waals surface area contributed by atoms with Crippen LogP contribution in [0.2, 0.25) is 0 Å². The molecular weight excluding hydrogens is 315 g/mol. The smallest absolute Gasteiger partial charge is 0.406 e. The lowest BCUT2D eigenvalue weighted by molar-refractivity contribution is -0.274. The lowest BCUT2D eigenvalue weighted by atomic mass is 9.84. The molecule has 2 nitrogen and oxygen atoms in total. The molecule has 5 heteroatoms. The number of allylic oxidation sites excluding steroid dienone is 1. The van der Waals surface area contributed by atoms with Gasteiger partial charge >= 0.3 is 6.36 Å². The molecule has 126 valence electrons. The first-order chi connectivity index (χ1) is 11.2. The third-order valence-corrected chi connectivity index (χ3v) is 4.41. The summed E-state index contributed by atoms with van der Waals surface area (Å²) in [7, 11) is 0. The van der Waals surface area contributed by atoms with E-state index in [1.165, 1.54) is 17.7 Å². The normalized spacial score (nSPS) is 16.2. The van der Waals surface area contributed by atoms with Gasteiger partial charge < -0.3 is 9.64 Å². The van der Waals surface area contributed by atoms with Gasteiger partial charge in [-0.3, -0.25) is 0 Å². The quantitative estimate of drug-likeness (QED) is 0.746. The number of nitrogens with zero attached hydrogens (tertiary/aromatic N) is 1. The third kappa shape index (κ3) is 2.98. The Morgan fingerprint density at radius 1 is 1.04 bits per heavy atom. The van der Waals surface area contributed by atoms with Gasteiger partial charge in [-0.25, -0.2) is 0 Å². The van der Waals surface area contributed by atoms with Crippen LogP contribution in [0.4, 0.5) is 18.9 Å². The molecule has 1 aliphatic rings. The van der Waals surface area contributed by atoms with Crippen LogP contribution in [0.5, 0.6) is 5.75 Å². The minimum atomic E-state index is -4.67. The molecule has 0 aromatic heterocycles. The highest BCUT2D eigenvalue weighted by atomic mass is 19.4. The Kier molecular flexibility index (Phi) is 3.82. The second-order valence-electron chi connectivity index (χ2n) is 6.37. The Morgan fingerprint density at radius 2 is 1.67 bits per heavy atom. The lowest BCUT2D eigenvalue weighted by Gasteiger charge is -2.26. The zero-order valence-electron chi connectivity index (χ0n) is 13.5. The van der Waals surface area contributed by atoms with E-state index in [0.717, 1.165) is 16.9 Å². The van der Waals surface area contributed by atoms with Crippen molar-refractivity contribution in [3.8, 4) is 5.75 Å². The number of ether oxygens (including phenoxy) is 1. The number of benzene rings is 2. The first-order valence-corrected chi connectivity index (χ1v) is 7.59. The molecular formula is C19H18F3NO. The minimum Gasteiger partial charge on any atom is -0.406 e. The van der Waals surface area contributed by atoms with Gasteiger partial charge in [-0.05, 0) is 29.3 Å². The van der Waals surface area contributed by atoms with E-state index in [0.29, 0.717) is 6.54 Å². The molecule has 0 fully saturated rings. The molecule has 0 N–H and O–H groups in total. The summed E-state index contributed by atoms with van der Waals surface area (Å²) in [5, 5.41) is 0. The number of alkyl halides is 3. The zero-order valence-corrected chi connectivity index (χ0v) is 13.5. The van der Waals surface area contributed by atoms with Gasteiger partial charge in [-0.1, -0.05) is 50.8 Å². The molecule has 0 amide bonds. The molecule has 0 aliphatic carbocycles. The predicted octanol–water partition coefficient (Wildman–Crippen LogP) is 5.40. The number of rotatable bonds is 3. The van der Waals surface area contributed by atoms with Gasteiger partial charge in [-0.2, -0.15) is 0 Å². The number of fused-ring (bicyclic) bond motifs is 1. The third-order valence-electron chi connectivity index (χ3n) is 4.41. The molecule has 1 heterocycles. The van der Waals surface area contributed by atoms with Crippen molar-refractivity contribution >= 4 is 5.69 Å². The molecule has 24 heavy (non-hydrogen) atoms. The summed E-state index contributed by atoms with van der Waals surface area (Å²) in [6.07, 6.45) is -4.67. The second kappa shape index (κ2) is 5.58. The van der Waals surface area contributed by atoms with Gasteiger partial charge in [0.25, 0.3) is 0 Å². The van der Waals surface area contributed by atoms with Crippen LogP contribution in [0.25, 0.3) is 0 Å². The fourth-order valence-electron chi connectivity index (χ4n) is 3.04. The van der Waals surface area contributed by atoms with Gasteiger partial charge in [0.1, 0.15) is 5.75 Å². The molecule has 1 aliphatic heterocycles. The van der Waals surface area contributed by atoms with Crippen molar-refractivity contribution in [3.05, 3.63) is 71.9 Å². The van der Waals surface area contributed by atoms with Gasteiger partial charge in [0, 0.05) is 23.3 Å². The van der Waals surface area contributed by atoms with E-state index in [2.05, 4.69) is 36.1 Å². The Bertz CT molecular complexity index is 763. The fourth-order valence-corrected chi connectivity index (χ4v) is 3.04. The van der Waals surface area contributed by atoms with E-state index < -0.39 is 6.36 Å². The van der Waals surface area contributed by atoms with Crippen molar-refractivity contribution in [2.24, 2.45) is 0 Å². The van der Waals surface area contributed by atoms with Crippen LogP contribution in [0, 0.1) is 0 Å². The molecule has 3 rings (SSSR count). The number of hydrogen-bond acceptors (Lipinski definition) is 2. The van der Waals surface area contributed by atoms with Crippen LogP contribution >= 0.6 is 0 Å². The minimum absolute atomic E-state index is 0.171. The summed E-state index contributed by atoms with van der Waals surface area (Å²) in [4.78, 5) is 2.11. The largest absolute Gasteiger partial charge is 0.573 e. The van der Waals surface area contributed by atoms with Crippen LogP contribution in [-0.2, 0) is 12.0 Å². The molecule has 0 radical (unpaired) electrons. The summed E-state index contributed by atoms with van der Waals surface area (Å²) in [6, 6.07) is 14.0. The van der Waals surface area contributed by atoms with Crippen molar-refractivity contribution < 1.29 is 17.9 Å². The highest BCUT2D eigenvalue weighted by Gasteiger charge is 2.38. The first-order valence-electron chi connectivity index (χ1n) is 7.59. The summed E-state index contributed by atoms with van der Waals surface area (Å²) in [5.41, 5.74) is 3.98. The molecule has 0 bridgehead atoms. The van der Waals surface area contributed by atoms with Crippen molar-refractivity contribution in [3.63, 3.8) is 0 Å². The molecule has 0 saturated carbocycles. The Balaban J connectivity index is 1.83. The van der Waals surface area contributed by atoms with Gasteiger partial charge in [0.15, 0.2) is 0 Å². The summed E-state index contributed by atoms with van der Waals surface area (Å²) < 4.78 is 40.6.